The van der Waals surface area contributed by atoms with Crippen LogP contribution in [0.5, 0.6) is 0 Å². The molecule has 6 heteroatoms. The number of likely N-dealkylation sites (N-methyl/N-ethyl adjacent to an activating group) is 1. The highest BCUT2D eigenvalue weighted by Gasteiger charge is 2.39. The Morgan fingerprint density at radius 1 is 1.03 bits per heavy atom. The average Bonchev–Trinajstić information content (AvgIpc) is 3.26. The second-order valence-electron chi connectivity index (χ2n) is 8.01. The number of fused-ring (bicyclic) bond motifs is 2. The fraction of sp³-hybridized carbons (Fsp3) is 0.360. The van der Waals surface area contributed by atoms with Crippen LogP contribution in [0.2, 0.25) is 0 Å². The molecule has 0 radical (unpaired) electrons. The lowest BCUT2D eigenvalue weighted by atomic mass is 9.97. The first-order valence-electron chi connectivity index (χ1n) is 11.0. The molecule has 1 aliphatic heterocycles. The Labute approximate surface area is 183 Å². The predicted molar refractivity (Wildman–Crippen MR) is 123 cm³/mol. The maximum Gasteiger partial charge on any atom is 0.255 e. The summed E-state index contributed by atoms with van der Waals surface area (Å²) in [5.41, 5.74) is 3.79. The average molecular weight is 419 g/mol. The maximum absolute atomic E-state index is 13.3. The van der Waals surface area contributed by atoms with Gasteiger partial charge in [0.2, 0.25) is 5.91 Å². The lowest BCUT2D eigenvalue weighted by Crippen LogP contribution is -2.42. The highest BCUT2D eigenvalue weighted by atomic mass is 16.2. The molecule has 0 unspecified atom stereocenters. The molecule has 0 saturated carbocycles. The molecule has 1 aliphatic rings. The molecule has 162 valence electrons. The van der Waals surface area contributed by atoms with Gasteiger partial charge in [0.1, 0.15) is 6.54 Å². The fourth-order valence-electron chi connectivity index (χ4n) is 4.56. The van der Waals surface area contributed by atoms with E-state index in [9.17, 15) is 9.59 Å². The first kappa shape index (κ1) is 21.1. The zero-order chi connectivity index (χ0) is 22.0. The van der Waals surface area contributed by atoms with Crippen molar-refractivity contribution in [1.29, 1.82) is 0 Å². The summed E-state index contributed by atoms with van der Waals surface area (Å²) >= 11 is 0. The Kier molecular flexibility index (Phi) is 6.09. The molecule has 0 fully saturated rings. The smallest absolute Gasteiger partial charge is 0.255 e. The van der Waals surface area contributed by atoms with E-state index in [0.717, 1.165) is 41.7 Å². The van der Waals surface area contributed by atoms with E-state index in [1.54, 1.807) is 4.90 Å². The van der Waals surface area contributed by atoms with E-state index in [1.165, 1.54) is 0 Å². The van der Waals surface area contributed by atoms with Gasteiger partial charge in [0.15, 0.2) is 0 Å². The lowest BCUT2D eigenvalue weighted by Gasteiger charge is -2.25. The van der Waals surface area contributed by atoms with E-state index < -0.39 is 0 Å². The largest absolute Gasteiger partial charge is 0.353 e. The highest BCUT2D eigenvalue weighted by Crippen LogP contribution is 2.41. The molecule has 0 aliphatic carbocycles. The van der Waals surface area contributed by atoms with E-state index in [-0.39, 0.29) is 24.4 Å². The van der Waals surface area contributed by atoms with Crippen LogP contribution in [0.1, 0.15) is 41.4 Å². The molecule has 31 heavy (non-hydrogen) atoms. The van der Waals surface area contributed by atoms with Gasteiger partial charge < -0.3 is 19.7 Å². The molecule has 1 aromatic heterocycles. The normalized spacial score (nSPS) is 15.7. The van der Waals surface area contributed by atoms with Crippen LogP contribution in [0.15, 0.2) is 54.7 Å². The number of rotatable bonds is 8. The van der Waals surface area contributed by atoms with Crippen LogP contribution in [-0.4, -0.2) is 58.9 Å². The van der Waals surface area contributed by atoms with Crippen LogP contribution in [-0.2, 0) is 11.8 Å². The monoisotopic (exact) mass is 418 g/mol. The quantitative estimate of drug-likeness (QED) is 0.611. The van der Waals surface area contributed by atoms with Gasteiger partial charge >= 0.3 is 0 Å². The maximum atomic E-state index is 13.3. The number of hydrogen-bond donors (Lipinski definition) is 1. The van der Waals surface area contributed by atoms with Crippen molar-refractivity contribution in [2.75, 3.05) is 32.7 Å². The third kappa shape index (κ3) is 3.95. The Hall–Kier alpha value is -3.12. The number of benzene rings is 2. The van der Waals surface area contributed by atoms with Crippen LogP contribution < -0.4 is 5.32 Å². The fourth-order valence-corrected chi connectivity index (χ4v) is 4.56. The summed E-state index contributed by atoms with van der Waals surface area (Å²) in [4.78, 5) is 30.0. The Morgan fingerprint density at radius 3 is 2.52 bits per heavy atom. The molecule has 0 bridgehead atoms. The molecule has 6 nitrogen and oxygen atoms in total. The minimum atomic E-state index is -0.275. The first-order valence-corrected chi connectivity index (χ1v) is 11.0. The summed E-state index contributed by atoms with van der Waals surface area (Å²) in [6.45, 7) is 7.55. The molecule has 0 saturated heterocycles. The molecule has 2 amide bonds. The van der Waals surface area contributed by atoms with Gasteiger partial charge in [0.25, 0.3) is 5.91 Å². The minimum absolute atomic E-state index is 0.0413. The van der Waals surface area contributed by atoms with Gasteiger partial charge in [-0.3, -0.25) is 9.59 Å². The number of nitrogens with one attached hydrogen (secondary N) is 1. The number of amides is 2. The Balaban J connectivity index is 1.62. The van der Waals surface area contributed by atoms with E-state index >= 15 is 0 Å². The molecular weight excluding hydrogens is 388 g/mol. The second kappa shape index (κ2) is 8.94. The second-order valence-corrected chi connectivity index (χ2v) is 8.01. The third-order valence-electron chi connectivity index (χ3n) is 6.24. The van der Waals surface area contributed by atoms with Crippen LogP contribution in [0.3, 0.4) is 0 Å². The molecule has 1 N–H and O–H groups in total. The van der Waals surface area contributed by atoms with Crippen molar-refractivity contribution >= 4 is 22.7 Å². The van der Waals surface area contributed by atoms with Gasteiger partial charge in [-0.05, 0) is 30.8 Å². The number of aromatic nitrogens is 1. The van der Waals surface area contributed by atoms with E-state index in [4.69, 9.17) is 0 Å². The van der Waals surface area contributed by atoms with Crippen molar-refractivity contribution in [3.8, 4) is 0 Å². The van der Waals surface area contributed by atoms with Crippen molar-refractivity contribution in [3.63, 3.8) is 0 Å². The van der Waals surface area contributed by atoms with Gasteiger partial charge in [0, 0.05) is 48.4 Å². The number of para-hydroxylation sites is 1. The van der Waals surface area contributed by atoms with Crippen molar-refractivity contribution in [2.45, 2.75) is 19.9 Å². The number of carbonyl (C=O) groups is 2. The van der Waals surface area contributed by atoms with Crippen LogP contribution in [0.4, 0.5) is 0 Å². The van der Waals surface area contributed by atoms with Gasteiger partial charge in [-0.25, -0.2) is 0 Å². The predicted octanol–water partition coefficient (Wildman–Crippen LogP) is 3.18. The summed E-state index contributed by atoms with van der Waals surface area (Å²) in [7, 11) is 2.01. The number of nitrogens with zero attached hydrogens (tertiary/aromatic N) is 3. The highest BCUT2D eigenvalue weighted by molar-refractivity contribution is 6.02. The van der Waals surface area contributed by atoms with Crippen molar-refractivity contribution < 1.29 is 9.59 Å². The van der Waals surface area contributed by atoms with Crippen LogP contribution >= 0.6 is 0 Å². The number of aryl methyl sites for hydroxylation is 1. The summed E-state index contributed by atoms with van der Waals surface area (Å²) in [5.74, 6) is -0.217. The zero-order valence-electron chi connectivity index (χ0n) is 18.5. The SMILES string of the molecule is CCN(CC)CCNC(=O)CN1C(=O)c2ccccc2[C@H]1c1cn(C)c2ccccc12. The molecule has 2 heterocycles. The van der Waals surface area contributed by atoms with E-state index in [2.05, 4.69) is 47.0 Å². The molecule has 4 rings (SSSR count). The van der Waals surface area contributed by atoms with E-state index in [0.29, 0.717) is 12.1 Å². The van der Waals surface area contributed by atoms with Crippen molar-refractivity contribution in [1.82, 2.24) is 19.7 Å². The first-order chi connectivity index (χ1) is 15.0. The third-order valence-corrected chi connectivity index (χ3v) is 6.24. The molecule has 1 atom stereocenters. The zero-order valence-corrected chi connectivity index (χ0v) is 18.5. The lowest BCUT2D eigenvalue weighted by molar-refractivity contribution is -0.122. The van der Waals surface area contributed by atoms with Crippen molar-refractivity contribution in [3.05, 3.63) is 71.4 Å². The van der Waals surface area contributed by atoms with E-state index in [1.807, 2.05) is 43.4 Å². The topological polar surface area (TPSA) is 57.6 Å². The molecule has 3 aromatic rings. The van der Waals surface area contributed by atoms with Gasteiger partial charge in [-0.15, -0.1) is 0 Å². The van der Waals surface area contributed by atoms with Gasteiger partial charge in [0.05, 0.1) is 6.04 Å². The minimum Gasteiger partial charge on any atom is -0.353 e. The molecule has 0 spiro atoms. The summed E-state index contributed by atoms with van der Waals surface area (Å²) in [6, 6.07) is 15.6. The molecular formula is C25H30N4O2. The van der Waals surface area contributed by atoms with Gasteiger partial charge in [-0.2, -0.15) is 0 Å². The summed E-state index contributed by atoms with van der Waals surface area (Å²) in [6.07, 6.45) is 2.08. The van der Waals surface area contributed by atoms with Crippen molar-refractivity contribution in [2.24, 2.45) is 7.05 Å². The number of hydrogen-bond acceptors (Lipinski definition) is 3. The van der Waals surface area contributed by atoms with Gasteiger partial charge in [-0.1, -0.05) is 50.2 Å². The Morgan fingerprint density at radius 2 is 1.74 bits per heavy atom. The summed E-state index contributed by atoms with van der Waals surface area (Å²) in [5, 5.41) is 4.09. The Bertz CT molecular complexity index is 1100. The summed E-state index contributed by atoms with van der Waals surface area (Å²) < 4.78 is 2.08. The van der Waals surface area contributed by atoms with Crippen LogP contribution in [0, 0.1) is 0 Å². The molecule has 2 aromatic carbocycles. The number of carbonyl (C=O) groups excluding carboxylic acids is 2. The van der Waals surface area contributed by atoms with Crippen LogP contribution in [0.25, 0.3) is 10.9 Å². The standard InChI is InChI=1S/C25H30N4O2/c1-4-28(5-2)15-14-26-23(30)17-29-24(19-11-6-7-12-20(19)25(29)31)21-16-27(3)22-13-9-8-10-18(21)22/h6-13,16,24H,4-5,14-15,17H2,1-3H3,(H,26,30)/t24-/m0/s1.